The summed E-state index contributed by atoms with van der Waals surface area (Å²) in [6.07, 6.45) is -0.811. The zero-order valence-electron chi connectivity index (χ0n) is 13.4. The fraction of sp³-hybridized carbons (Fsp3) is 0.294. The maximum Gasteiger partial charge on any atom is 0.414 e. The van der Waals surface area contributed by atoms with Crippen molar-refractivity contribution in [3.63, 3.8) is 0 Å². The van der Waals surface area contributed by atoms with Crippen molar-refractivity contribution < 1.29 is 14.3 Å². The van der Waals surface area contributed by atoms with Crippen molar-refractivity contribution in [3.05, 3.63) is 51.7 Å². The van der Waals surface area contributed by atoms with Crippen molar-refractivity contribution in [2.45, 2.75) is 6.10 Å². The van der Waals surface area contributed by atoms with Gasteiger partial charge in [-0.3, -0.25) is 9.69 Å². The van der Waals surface area contributed by atoms with Crippen LogP contribution in [0.3, 0.4) is 0 Å². The number of hydrogen-bond donors (Lipinski definition) is 1. The van der Waals surface area contributed by atoms with E-state index in [1.807, 2.05) is 30.3 Å². The molecule has 8 heteroatoms. The minimum Gasteiger partial charge on any atom is -0.442 e. The molecule has 2 amide bonds. The number of cyclic esters (lactones) is 1. The number of thiophene rings is 1. The maximum atomic E-state index is 12.6. The Bertz CT molecular complexity index is 753. The summed E-state index contributed by atoms with van der Waals surface area (Å²) in [6.45, 7) is 1.39. The first kappa shape index (κ1) is 17.7. The molecule has 1 atom stereocenters. The number of benzene rings is 1. The predicted molar refractivity (Wildman–Crippen MR) is 98.3 cm³/mol. The Labute approximate surface area is 154 Å². The molecular weight excluding hydrogens is 362 g/mol. The van der Waals surface area contributed by atoms with Crippen LogP contribution < -0.4 is 10.6 Å². The third-order valence-corrected chi connectivity index (χ3v) is 5.06. The zero-order chi connectivity index (χ0) is 17.8. The van der Waals surface area contributed by atoms with E-state index >= 15 is 0 Å². The zero-order valence-corrected chi connectivity index (χ0v) is 15.0. The van der Waals surface area contributed by atoms with Crippen LogP contribution in [0.1, 0.15) is 9.67 Å². The van der Waals surface area contributed by atoms with Crippen LogP contribution in [0, 0.1) is 0 Å². The van der Waals surface area contributed by atoms with Gasteiger partial charge in [0.15, 0.2) is 0 Å². The lowest BCUT2D eigenvalue weighted by atomic mass is 10.2. The molecule has 3 rings (SSSR count). The van der Waals surface area contributed by atoms with Crippen molar-refractivity contribution in [3.8, 4) is 0 Å². The molecule has 132 valence electrons. The molecule has 2 N–H and O–H groups in total. The van der Waals surface area contributed by atoms with Gasteiger partial charge in [-0.25, -0.2) is 4.79 Å². The fourth-order valence-electron chi connectivity index (χ4n) is 2.70. The number of para-hydroxylation sites is 1. The highest BCUT2D eigenvalue weighted by Crippen LogP contribution is 2.24. The summed E-state index contributed by atoms with van der Waals surface area (Å²) in [5, 5.41) is 0. The summed E-state index contributed by atoms with van der Waals surface area (Å²) in [4.78, 5) is 28.5. The minimum atomic E-state index is -0.407. The van der Waals surface area contributed by atoms with E-state index in [1.54, 1.807) is 21.9 Å². The summed E-state index contributed by atoms with van der Waals surface area (Å²) >= 11 is 7.13. The Morgan fingerprint density at radius 1 is 1.32 bits per heavy atom. The van der Waals surface area contributed by atoms with E-state index in [0.717, 1.165) is 5.69 Å². The van der Waals surface area contributed by atoms with E-state index < -0.39 is 12.2 Å². The fourth-order valence-corrected chi connectivity index (χ4v) is 3.71. The average molecular weight is 380 g/mol. The number of nitrogens with zero attached hydrogens (tertiary/aromatic N) is 2. The number of nitrogens with two attached hydrogens (primary N) is 1. The molecule has 0 radical (unpaired) electrons. The minimum absolute atomic E-state index is 0.156. The first-order valence-corrected chi connectivity index (χ1v) is 9.06. The number of halogens is 1. The quantitative estimate of drug-likeness (QED) is 0.837. The van der Waals surface area contributed by atoms with Gasteiger partial charge in [0.05, 0.1) is 22.3 Å². The van der Waals surface area contributed by atoms with Crippen molar-refractivity contribution in [2.24, 2.45) is 5.73 Å². The molecular formula is C17H18ClN3O3S. The van der Waals surface area contributed by atoms with E-state index in [0.29, 0.717) is 35.4 Å². The summed E-state index contributed by atoms with van der Waals surface area (Å²) < 4.78 is 5.98. The van der Waals surface area contributed by atoms with Gasteiger partial charge in [-0.05, 0) is 24.3 Å². The Hall–Kier alpha value is -2.09. The van der Waals surface area contributed by atoms with E-state index in [4.69, 9.17) is 22.1 Å². The number of rotatable bonds is 6. The van der Waals surface area contributed by atoms with E-state index in [9.17, 15) is 9.59 Å². The second-order valence-electron chi connectivity index (χ2n) is 5.60. The molecule has 2 aromatic rings. The Morgan fingerprint density at radius 3 is 2.72 bits per heavy atom. The van der Waals surface area contributed by atoms with E-state index in [-0.39, 0.29) is 5.91 Å². The van der Waals surface area contributed by atoms with Crippen molar-refractivity contribution in [2.75, 3.05) is 31.1 Å². The first-order chi connectivity index (χ1) is 12.1. The Kier molecular flexibility index (Phi) is 5.57. The maximum absolute atomic E-state index is 12.6. The number of carbonyl (C=O) groups is 2. The molecule has 1 fully saturated rings. The summed E-state index contributed by atoms with van der Waals surface area (Å²) in [7, 11) is 0. The number of amides is 2. The van der Waals surface area contributed by atoms with Crippen LogP contribution in [0.2, 0.25) is 4.34 Å². The van der Waals surface area contributed by atoms with Gasteiger partial charge in [0.1, 0.15) is 6.10 Å². The van der Waals surface area contributed by atoms with Gasteiger partial charge in [-0.2, -0.15) is 0 Å². The van der Waals surface area contributed by atoms with Crippen LogP contribution in [0.25, 0.3) is 0 Å². The van der Waals surface area contributed by atoms with Crippen LogP contribution >= 0.6 is 22.9 Å². The Morgan fingerprint density at radius 2 is 2.08 bits per heavy atom. The van der Waals surface area contributed by atoms with Gasteiger partial charge in [0.2, 0.25) is 0 Å². The van der Waals surface area contributed by atoms with Crippen LogP contribution in [-0.2, 0) is 4.74 Å². The molecule has 1 aromatic heterocycles. The van der Waals surface area contributed by atoms with E-state index in [2.05, 4.69) is 0 Å². The monoisotopic (exact) mass is 379 g/mol. The number of ether oxygens (including phenoxy) is 1. The molecule has 0 bridgehead atoms. The molecule has 1 aromatic carbocycles. The molecule has 1 aliphatic rings. The third kappa shape index (κ3) is 4.12. The molecule has 1 aliphatic heterocycles. The highest BCUT2D eigenvalue weighted by atomic mass is 35.5. The first-order valence-electron chi connectivity index (χ1n) is 7.86. The summed E-state index contributed by atoms with van der Waals surface area (Å²) in [5.74, 6) is -0.156. The smallest absolute Gasteiger partial charge is 0.414 e. The molecule has 2 heterocycles. The highest BCUT2D eigenvalue weighted by molar-refractivity contribution is 7.17. The lowest BCUT2D eigenvalue weighted by molar-refractivity contribution is 0.0651. The second-order valence-corrected chi connectivity index (χ2v) is 7.31. The molecule has 0 saturated carbocycles. The third-order valence-electron chi connectivity index (χ3n) is 3.84. The number of carbonyl (C=O) groups excluding carboxylic acids is 2. The van der Waals surface area contributed by atoms with Gasteiger partial charge < -0.3 is 15.4 Å². The number of hydrogen-bond acceptors (Lipinski definition) is 5. The van der Waals surface area contributed by atoms with Gasteiger partial charge in [-0.15, -0.1) is 11.3 Å². The van der Waals surface area contributed by atoms with Gasteiger partial charge in [0, 0.05) is 18.8 Å². The summed E-state index contributed by atoms with van der Waals surface area (Å²) in [6, 6.07) is 12.7. The second kappa shape index (κ2) is 7.86. The normalized spacial score (nSPS) is 16.8. The lowest BCUT2D eigenvalue weighted by Gasteiger charge is -2.23. The molecule has 1 unspecified atom stereocenters. The molecule has 1 saturated heterocycles. The van der Waals surface area contributed by atoms with Crippen molar-refractivity contribution in [1.82, 2.24) is 4.90 Å². The van der Waals surface area contributed by atoms with Crippen molar-refractivity contribution in [1.29, 1.82) is 0 Å². The van der Waals surface area contributed by atoms with Crippen LogP contribution in [0.4, 0.5) is 10.5 Å². The largest absolute Gasteiger partial charge is 0.442 e. The predicted octanol–water partition coefficient (Wildman–Crippen LogP) is 2.83. The SMILES string of the molecule is NCCN(CC1CN(c2ccccc2)C(=O)O1)C(=O)c1ccc(Cl)s1. The van der Waals surface area contributed by atoms with Gasteiger partial charge in [-0.1, -0.05) is 29.8 Å². The van der Waals surface area contributed by atoms with Crippen molar-refractivity contribution >= 4 is 40.6 Å². The summed E-state index contributed by atoms with van der Waals surface area (Å²) in [5.41, 5.74) is 6.41. The molecule has 0 aliphatic carbocycles. The van der Waals surface area contributed by atoms with Crippen LogP contribution in [-0.4, -0.2) is 49.2 Å². The lowest BCUT2D eigenvalue weighted by Crippen LogP contribution is -2.41. The van der Waals surface area contributed by atoms with Gasteiger partial charge in [0.25, 0.3) is 5.91 Å². The van der Waals surface area contributed by atoms with Crippen LogP contribution in [0.15, 0.2) is 42.5 Å². The van der Waals surface area contributed by atoms with Gasteiger partial charge >= 0.3 is 6.09 Å². The average Bonchev–Trinajstić information content (AvgIpc) is 3.20. The Balaban J connectivity index is 1.69. The topological polar surface area (TPSA) is 75.9 Å². The molecule has 25 heavy (non-hydrogen) atoms. The molecule has 6 nitrogen and oxygen atoms in total. The van der Waals surface area contributed by atoms with Crippen LogP contribution in [0.5, 0.6) is 0 Å². The highest BCUT2D eigenvalue weighted by Gasteiger charge is 2.34. The molecule has 0 spiro atoms. The number of anilines is 1. The standard InChI is InChI=1S/C17H18ClN3O3S/c18-15-7-6-14(25-15)16(22)20(9-8-19)10-13-11-21(17(23)24-13)12-4-2-1-3-5-12/h1-7,13H,8-11,19H2. The van der Waals surface area contributed by atoms with E-state index in [1.165, 1.54) is 11.3 Å².